The van der Waals surface area contributed by atoms with E-state index in [4.69, 9.17) is 10.5 Å². The maximum Gasteiger partial charge on any atom is 0.119 e. The normalized spacial score (nSPS) is 20.4. The molecule has 1 heterocycles. The lowest BCUT2D eigenvalue weighted by atomic mass is 9.99. The van der Waals surface area contributed by atoms with Gasteiger partial charge < -0.3 is 10.5 Å². The minimum Gasteiger partial charge on any atom is -0.492 e. The third kappa shape index (κ3) is 4.51. The number of nitrogens with zero attached hydrogens (tertiary/aromatic N) is 1. The van der Waals surface area contributed by atoms with Crippen LogP contribution in [0.15, 0.2) is 24.3 Å². The van der Waals surface area contributed by atoms with Crippen LogP contribution in [0.4, 0.5) is 0 Å². The Kier molecular flexibility index (Phi) is 5.67. The second-order valence-corrected chi connectivity index (χ2v) is 5.42. The van der Waals surface area contributed by atoms with E-state index in [1.807, 2.05) is 12.1 Å². The first kappa shape index (κ1) is 14.4. The second-order valence-electron chi connectivity index (χ2n) is 5.42. The lowest BCUT2D eigenvalue weighted by Crippen LogP contribution is -2.42. The first-order chi connectivity index (χ1) is 9.29. The van der Waals surface area contributed by atoms with E-state index < -0.39 is 0 Å². The van der Waals surface area contributed by atoms with Gasteiger partial charge in [-0.1, -0.05) is 24.1 Å². The number of nitrogens with two attached hydrogens (primary N) is 1. The number of hydrogen-bond acceptors (Lipinski definition) is 3. The number of hydrogen-bond donors (Lipinski definition) is 1. The van der Waals surface area contributed by atoms with Crippen molar-refractivity contribution in [3.05, 3.63) is 29.8 Å². The summed E-state index contributed by atoms with van der Waals surface area (Å²) in [5.41, 5.74) is 6.97. The first-order valence-corrected chi connectivity index (χ1v) is 7.43. The van der Waals surface area contributed by atoms with Gasteiger partial charge >= 0.3 is 0 Å². The van der Waals surface area contributed by atoms with Crippen LogP contribution < -0.4 is 10.5 Å². The van der Waals surface area contributed by atoms with Crippen LogP contribution in [-0.2, 0) is 0 Å². The Morgan fingerprint density at radius 2 is 2.05 bits per heavy atom. The summed E-state index contributed by atoms with van der Waals surface area (Å²) in [6, 6.07) is 8.94. The fraction of sp³-hybridized carbons (Fsp3) is 0.625. The third-order valence-electron chi connectivity index (χ3n) is 3.92. The molecule has 1 saturated heterocycles. The average molecular weight is 262 g/mol. The van der Waals surface area contributed by atoms with E-state index in [9.17, 15) is 0 Å². The lowest BCUT2D eigenvalue weighted by molar-refractivity contribution is 0.118. The van der Waals surface area contributed by atoms with E-state index in [0.717, 1.165) is 31.9 Å². The van der Waals surface area contributed by atoms with E-state index in [2.05, 4.69) is 24.0 Å². The second kappa shape index (κ2) is 7.51. The standard InChI is InChI=1S/C16H26N2O/c1-14-5-7-16(8-6-14)19-13-12-18-11-3-2-4-15(18)9-10-17/h5-8,15H,2-4,9-13,17H2,1H3. The van der Waals surface area contributed by atoms with E-state index in [0.29, 0.717) is 6.04 Å². The summed E-state index contributed by atoms with van der Waals surface area (Å²) in [6.07, 6.45) is 5.07. The Bertz CT molecular complexity index is 362. The highest BCUT2D eigenvalue weighted by molar-refractivity contribution is 5.26. The van der Waals surface area contributed by atoms with Crippen LogP contribution in [0, 0.1) is 6.92 Å². The highest BCUT2D eigenvalue weighted by Gasteiger charge is 2.21. The molecule has 1 atom stereocenters. The van der Waals surface area contributed by atoms with Crippen molar-refractivity contribution in [3.63, 3.8) is 0 Å². The molecule has 0 bridgehead atoms. The van der Waals surface area contributed by atoms with Gasteiger partial charge in [-0.3, -0.25) is 4.90 Å². The Morgan fingerprint density at radius 1 is 1.26 bits per heavy atom. The molecule has 1 aliphatic rings. The summed E-state index contributed by atoms with van der Waals surface area (Å²) in [5, 5.41) is 0. The summed E-state index contributed by atoms with van der Waals surface area (Å²) in [5.74, 6) is 0.970. The van der Waals surface area contributed by atoms with Gasteiger partial charge in [0.1, 0.15) is 12.4 Å². The van der Waals surface area contributed by atoms with Gasteiger partial charge in [0.25, 0.3) is 0 Å². The van der Waals surface area contributed by atoms with Gasteiger partial charge in [0.15, 0.2) is 0 Å². The Balaban J connectivity index is 1.75. The minimum absolute atomic E-state index is 0.667. The molecule has 1 unspecified atom stereocenters. The maximum atomic E-state index is 5.82. The third-order valence-corrected chi connectivity index (χ3v) is 3.92. The fourth-order valence-corrected chi connectivity index (χ4v) is 2.79. The smallest absolute Gasteiger partial charge is 0.119 e. The molecule has 0 aromatic heterocycles. The molecular formula is C16H26N2O. The molecule has 1 fully saturated rings. The predicted octanol–water partition coefficient (Wildman–Crippen LogP) is 2.58. The van der Waals surface area contributed by atoms with Gasteiger partial charge in [-0.15, -0.1) is 0 Å². The molecule has 0 radical (unpaired) electrons. The number of rotatable bonds is 6. The van der Waals surface area contributed by atoms with Crippen LogP contribution in [-0.4, -0.2) is 37.2 Å². The lowest BCUT2D eigenvalue weighted by Gasteiger charge is -2.35. The molecule has 1 aromatic rings. The van der Waals surface area contributed by atoms with Crippen molar-refractivity contribution >= 4 is 0 Å². The SMILES string of the molecule is Cc1ccc(OCCN2CCCCC2CCN)cc1. The van der Waals surface area contributed by atoms with Gasteiger partial charge in [-0.25, -0.2) is 0 Å². The molecule has 1 aromatic carbocycles. The Hall–Kier alpha value is -1.06. The van der Waals surface area contributed by atoms with Crippen LogP contribution in [0.1, 0.15) is 31.2 Å². The molecule has 0 amide bonds. The molecule has 19 heavy (non-hydrogen) atoms. The van der Waals surface area contributed by atoms with Crippen molar-refractivity contribution in [3.8, 4) is 5.75 Å². The molecule has 2 rings (SSSR count). The Morgan fingerprint density at radius 3 is 2.79 bits per heavy atom. The minimum atomic E-state index is 0.667. The molecule has 0 saturated carbocycles. The molecule has 2 N–H and O–H groups in total. The fourth-order valence-electron chi connectivity index (χ4n) is 2.79. The molecule has 1 aliphatic heterocycles. The topological polar surface area (TPSA) is 38.5 Å². The molecule has 0 aliphatic carbocycles. The van der Waals surface area contributed by atoms with Crippen molar-refractivity contribution in [2.24, 2.45) is 5.73 Å². The number of piperidine rings is 1. The average Bonchev–Trinajstić information content (AvgIpc) is 2.43. The highest BCUT2D eigenvalue weighted by atomic mass is 16.5. The van der Waals surface area contributed by atoms with Crippen molar-refractivity contribution < 1.29 is 4.74 Å². The first-order valence-electron chi connectivity index (χ1n) is 7.43. The molecular weight excluding hydrogens is 236 g/mol. The van der Waals surface area contributed by atoms with Gasteiger partial charge in [-0.05, 0) is 51.4 Å². The van der Waals surface area contributed by atoms with Gasteiger partial charge in [0, 0.05) is 12.6 Å². The van der Waals surface area contributed by atoms with Crippen LogP contribution in [0.3, 0.4) is 0 Å². The van der Waals surface area contributed by atoms with Crippen molar-refractivity contribution in [1.29, 1.82) is 0 Å². The van der Waals surface area contributed by atoms with Gasteiger partial charge in [0.2, 0.25) is 0 Å². The number of likely N-dealkylation sites (tertiary alicyclic amines) is 1. The number of benzene rings is 1. The van der Waals surface area contributed by atoms with Crippen molar-refractivity contribution in [2.75, 3.05) is 26.2 Å². The summed E-state index contributed by atoms with van der Waals surface area (Å²) in [6.45, 7) is 5.86. The molecule has 3 heteroatoms. The quantitative estimate of drug-likeness (QED) is 0.856. The zero-order chi connectivity index (χ0) is 13.5. The van der Waals surface area contributed by atoms with Crippen LogP contribution >= 0.6 is 0 Å². The zero-order valence-electron chi connectivity index (χ0n) is 12.0. The summed E-state index contributed by atoms with van der Waals surface area (Å²) in [4.78, 5) is 2.55. The molecule has 0 spiro atoms. The van der Waals surface area contributed by atoms with Crippen LogP contribution in [0.2, 0.25) is 0 Å². The van der Waals surface area contributed by atoms with Crippen molar-refractivity contribution in [2.45, 2.75) is 38.6 Å². The van der Waals surface area contributed by atoms with E-state index in [-0.39, 0.29) is 0 Å². The summed E-state index contributed by atoms with van der Waals surface area (Å²) in [7, 11) is 0. The highest BCUT2D eigenvalue weighted by Crippen LogP contribution is 2.19. The summed E-state index contributed by atoms with van der Waals surface area (Å²) < 4.78 is 5.82. The molecule has 106 valence electrons. The maximum absolute atomic E-state index is 5.82. The van der Waals surface area contributed by atoms with E-state index in [1.54, 1.807) is 0 Å². The van der Waals surface area contributed by atoms with Crippen molar-refractivity contribution in [1.82, 2.24) is 4.90 Å². The zero-order valence-corrected chi connectivity index (χ0v) is 12.0. The number of ether oxygens (including phenoxy) is 1. The van der Waals surface area contributed by atoms with Gasteiger partial charge in [-0.2, -0.15) is 0 Å². The summed E-state index contributed by atoms with van der Waals surface area (Å²) >= 11 is 0. The van der Waals surface area contributed by atoms with E-state index in [1.165, 1.54) is 31.4 Å². The Labute approximate surface area is 116 Å². The largest absolute Gasteiger partial charge is 0.492 e. The van der Waals surface area contributed by atoms with Crippen LogP contribution in [0.5, 0.6) is 5.75 Å². The molecule has 3 nitrogen and oxygen atoms in total. The monoisotopic (exact) mass is 262 g/mol. The van der Waals surface area contributed by atoms with Crippen LogP contribution in [0.25, 0.3) is 0 Å². The van der Waals surface area contributed by atoms with Gasteiger partial charge in [0.05, 0.1) is 0 Å². The predicted molar refractivity (Wildman–Crippen MR) is 79.6 cm³/mol. The van der Waals surface area contributed by atoms with E-state index >= 15 is 0 Å². The number of aryl methyl sites for hydroxylation is 1.